The van der Waals surface area contributed by atoms with E-state index in [0.29, 0.717) is 17.8 Å². The lowest BCUT2D eigenvalue weighted by Crippen LogP contribution is -2.38. The first kappa shape index (κ1) is 12.4. The molecule has 0 radical (unpaired) electrons. The van der Waals surface area contributed by atoms with Crippen LogP contribution in [0.4, 0.5) is 0 Å². The fourth-order valence-electron chi connectivity index (χ4n) is 2.58. The number of nitrogens with one attached hydrogen (secondary N) is 1. The minimum absolute atomic E-state index is 0.190. The molecule has 0 spiro atoms. The van der Waals surface area contributed by atoms with Gasteiger partial charge in [-0.05, 0) is 38.7 Å². The number of aromatic hydroxyl groups is 1. The molecule has 4 N–H and O–H groups in total. The Morgan fingerprint density at radius 1 is 1.24 bits per heavy atom. The Bertz CT molecular complexity index is 359. The predicted octanol–water partition coefficient (Wildman–Crippen LogP) is 2.31. The second-order valence-corrected chi connectivity index (χ2v) is 5.06. The molecule has 1 unspecified atom stereocenters. The van der Waals surface area contributed by atoms with Crippen LogP contribution in [0.1, 0.15) is 44.2 Å². The average molecular weight is 234 g/mol. The first-order chi connectivity index (χ1) is 8.16. The highest BCUT2D eigenvalue weighted by Gasteiger charge is 2.20. The van der Waals surface area contributed by atoms with Crippen molar-refractivity contribution in [2.75, 3.05) is 0 Å². The number of rotatable bonds is 3. The van der Waals surface area contributed by atoms with Crippen molar-refractivity contribution in [3.63, 3.8) is 0 Å². The van der Waals surface area contributed by atoms with E-state index < -0.39 is 0 Å². The normalized spacial score (nSPS) is 26.7. The van der Waals surface area contributed by atoms with Crippen LogP contribution < -0.4 is 11.1 Å². The van der Waals surface area contributed by atoms with Gasteiger partial charge in [0, 0.05) is 23.7 Å². The maximum atomic E-state index is 9.79. The van der Waals surface area contributed by atoms with E-state index in [1.807, 2.05) is 18.2 Å². The molecule has 17 heavy (non-hydrogen) atoms. The van der Waals surface area contributed by atoms with E-state index in [9.17, 15) is 5.11 Å². The van der Waals surface area contributed by atoms with Gasteiger partial charge in [0.15, 0.2) is 0 Å². The molecule has 0 bridgehead atoms. The molecular weight excluding hydrogens is 212 g/mol. The van der Waals surface area contributed by atoms with E-state index >= 15 is 0 Å². The van der Waals surface area contributed by atoms with Crippen molar-refractivity contribution in [3.05, 3.63) is 29.8 Å². The third-order valence-corrected chi connectivity index (χ3v) is 3.66. The highest BCUT2D eigenvalue weighted by Crippen LogP contribution is 2.26. The molecule has 1 aliphatic rings. The number of para-hydroxylation sites is 1. The first-order valence-corrected chi connectivity index (χ1v) is 6.46. The number of hydrogen-bond acceptors (Lipinski definition) is 3. The Labute approximate surface area is 103 Å². The zero-order valence-corrected chi connectivity index (χ0v) is 10.4. The van der Waals surface area contributed by atoms with Crippen molar-refractivity contribution < 1.29 is 5.11 Å². The van der Waals surface area contributed by atoms with Gasteiger partial charge in [-0.3, -0.25) is 0 Å². The van der Waals surface area contributed by atoms with Gasteiger partial charge in [0.1, 0.15) is 5.75 Å². The number of benzene rings is 1. The van der Waals surface area contributed by atoms with Gasteiger partial charge in [0.05, 0.1) is 0 Å². The van der Waals surface area contributed by atoms with Crippen LogP contribution in [-0.4, -0.2) is 17.2 Å². The Kier molecular flexibility index (Phi) is 4.02. The van der Waals surface area contributed by atoms with Crippen molar-refractivity contribution in [3.8, 4) is 5.75 Å². The molecule has 94 valence electrons. The summed E-state index contributed by atoms with van der Waals surface area (Å²) in [6.07, 6.45) is 4.48. The summed E-state index contributed by atoms with van der Waals surface area (Å²) >= 11 is 0. The molecule has 0 heterocycles. The van der Waals surface area contributed by atoms with Crippen molar-refractivity contribution in [2.45, 2.75) is 50.7 Å². The summed E-state index contributed by atoms with van der Waals surface area (Å²) in [7, 11) is 0. The molecule has 1 aromatic rings. The lowest BCUT2D eigenvalue weighted by atomic mass is 9.91. The Balaban J connectivity index is 1.93. The summed E-state index contributed by atoms with van der Waals surface area (Å²) in [4.78, 5) is 0. The Hall–Kier alpha value is -1.06. The molecular formula is C14H22N2O. The fraction of sp³-hybridized carbons (Fsp3) is 0.571. The second-order valence-electron chi connectivity index (χ2n) is 5.06. The van der Waals surface area contributed by atoms with Crippen LogP contribution in [0.2, 0.25) is 0 Å². The standard InChI is InChI=1S/C14H22N2O/c1-10(13-4-2-3-5-14(13)17)16-12-8-6-11(15)7-9-12/h2-5,10-12,16-17H,6-9,15H2,1H3. The highest BCUT2D eigenvalue weighted by molar-refractivity contribution is 5.34. The summed E-state index contributed by atoms with van der Waals surface area (Å²) < 4.78 is 0. The van der Waals surface area contributed by atoms with Crippen LogP contribution in [0.15, 0.2) is 24.3 Å². The summed E-state index contributed by atoms with van der Waals surface area (Å²) in [5.41, 5.74) is 6.87. The second kappa shape index (κ2) is 5.52. The molecule has 0 saturated heterocycles. The quantitative estimate of drug-likeness (QED) is 0.752. The van der Waals surface area contributed by atoms with Crippen LogP contribution in [0, 0.1) is 0 Å². The minimum Gasteiger partial charge on any atom is -0.508 e. The molecule has 1 atom stereocenters. The van der Waals surface area contributed by atoms with Crippen LogP contribution >= 0.6 is 0 Å². The van der Waals surface area contributed by atoms with E-state index in [-0.39, 0.29) is 6.04 Å². The van der Waals surface area contributed by atoms with Crippen LogP contribution in [0.3, 0.4) is 0 Å². The van der Waals surface area contributed by atoms with Gasteiger partial charge in [0.2, 0.25) is 0 Å². The van der Waals surface area contributed by atoms with Crippen LogP contribution in [0.25, 0.3) is 0 Å². The topological polar surface area (TPSA) is 58.3 Å². The molecule has 1 aliphatic carbocycles. The summed E-state index contributed by atoms with van der Waals surface area (Å²) in [6, 6.07) is 8.63. The van der Waals surface area contributed by atoms with E-state index in [4.69, 9.17) is 5.73 Å². The smallest absolute Gasteiger partial charge is 0.120 e. The molecule has 1 fully saturated rings. The maximum Gasteiger partial charge on any atom is 0.120 e. The maximum absolute atomic E-state index is 9.79. The van der Waals surface area contributed by atoms with Gasteiger partial charge in [-0.2, -0.15) is 0 Å². The predicted molar refractivity (Wildman–Crippen MR) is 69.9 cm³/mol. The largest absolute Gasteiger partial charge is 0.508 e. The number of hydrogen-bond donors (Lipinski definition) is 3. The molecule has 2 rings (SSSR count). The SMILES string of the molecule is CC(NC1CCC(N)CC1)c1ccccc1O. The summed E-state index contributed by atoms with van der Waals surface area (Å²) in [5.74, 6) is 0.375. The van der Waals surface area contributed by atoms with E-state index in [1.54, 1.807) is 6.07 Å². The molecule has 1 saturated carbocycles. The molecule has 0 amide bonds. The average Bonchev–Trinajstić information content (AvgIpc) is 2.32. The summed E-state index contributed by atoms with van der Waals surface area (Å²) in [6.45, 7) is 2.10. The lowest BCUT2D eigenvalue weighted by molar-refractivity contribution is 0.319. The zero-order chi connectivity index (χ0) is 12.3. The highest BCUT2D eigenvalue weighted by atomic mass is 16.3. The third-order valence-electron chi connectivity index (χ3n) is 3.66. The molecule has 0 aliphatic heterocycles. The van der Waals surface area contributed by atoms with Gasteiger partial charge in [0.25, 0.3) is 0 Å². The van der Waals surface area contributed by atoms with Crippen molar-refractivity contribution in [2.24, 2.45) is 5.73 Å². The van der Waals surface area contributed by atoms with Crippen molar-refractivity contribution in [1.82, 2.24) is 5.32 Å². The van der Waals surface area contributed by atoms with Crippen molar-refractivity contribution in [1.29, 1.82) is 0 Å². The fourth-order valence-corrected chi connectivity index (χ4v) is 2.58. The van der Waals surface area contributed by atoms with Gasteiger partial charge >= 0.3 is 0 Å². The molecule has 3 heteroatoms. The van der Waals surface area contributed by atoms with Crippen LogP contribution in [0.5, 0.6) is 5.75 Å². The van der Waals surface area contributed by atoms with E-state index in [2.05, 4.69) is 12.2 Å². The van der Waals surface area contributed by atoms with Gasteiger partial charge < -0.3 is 16.2 Å². The van der Waals surface area contributed by atoms with Gasteiger partial charge in [-0.1, -0.05) is 18.2 Å². The van der Waals surface area contributed by atoms with Crippen LogP contribution in [-0.2, 0) is 0 Å². The molecule has 1 aromatic carbocycles. The lowest BCUT2D eigenvalue weighted by Gasteiger charge is -2.29. The van der Waals surface area contributed by atoms with E-state index in [1.165, 1.54) is 0 Å². The first-order valence-electron chi connectivity index (χ1n) is 6.46. The molecule has 3 nitrogen and oxygen atoms in total. The van der Waals surface area contributed by atoms with Crippen molar-refractivity contribution >= 4 is 0 Å². The minimum atomic E-state index is 0.190. The Morgan fingerprint density at radius 3 is 2.53 bits per heavy atom. The van der Waals surface area contributed by atoms with Gasteiger partial charge in [-0.15, -0.1) is 0 Å². The zero-order valence-electron chi connectivity index (χ0n) is 10.4. The summed E-state index contributed by atoms with van der Waals surface area (Å²) in [5, 5.41) is 13.4. The van der Waals surface area contributed by atoms with Gasteiger partial charge in [-0.25, -0.2) is 0 Å². The van der Waals surface area contributed by atoms with E-state index in [0.717, 1.165) is 31.2 Å². The third kappa shape index (κ3) is 3.20. The Morgan fingerprint density at radius 2 is 1.88 bits per heavy atom. The number of nitrogens with two attached hydrogens (primary N) is 1. The monoisotopic (exact) mass is 234 g/mol. The number of phenols is 1. The number of phenolic OH excluding ortho intramolecular Hbond substituents is 1. The molecule has 0 aromatic heterocycles.